The molecule has 108 valence electrons. The van der Waals surface area contributed by atoms with Crippen molar-refractivity contribution in [3.8, 4) is 0 Å². The van der Waals surface area contributed by atoms with Crippen LogP contribution in [0.2, 0.25) is 5.02 Å². The molecule has 0 radical (unpaired) electrons. The molecule has 1 fully saturated rings. The van der Waals surface area contributed by atoms with Gasteiger partial charge in [0.25, 0.3) is 11.6 Å². The van der Waals surface area contributed by atoms with Gasteiger partial charge in [-0.25, -0.2) is 8.78 Å². The van der Waals surface area contributed by atoms with E-state index in [1.54, 1.807) is 0 Å². The molecule has 5 nitrogen and oxygen atoms in total. The Morgan fingerprint density at radius 3 is 2.65 bits per heavy atom. The van der Waals surface area contributed by atoms with E-state index in [9.17, 15) is 23.7 Å². The minimum Gasteiger partial charge on any atom is -0.481 e. The third-order valence-electron chi connectivity index (χ3n) is 3.35. The Morgan fingerprint density at radius 1 is 1.60 bits per heavy atom. The van der Waals surface area contributed by atoms with Gasteiger partial charge in [-0.15, -0.1) is 0 Å². The first-order valence-corrected chi connectivity index (χ1v) is 6.13. The molecule has 8 heteroatoms. The fourth-order valence-electron chi connectivity index (χ4n) is 2.25. The van der Waals surface area contributed by atoms with Gasteiger partial charge in [0.1, 0.15) is 5.02 Å². The zero-order valence-electron chi connectivity index (χ0n) is 10.1. The van der Waals surface area contributed by atoms with Crippen molar-refractivity contribution in [1.29, 1.82) is 0 Å². The summed E-state index contributed by atoms with van der Waals surface area (Å²) < 4.78 is 26.3. The van der Waals surface area contributed by atoms with Crippen LogP contribution >= 0.6 is 11.6 Å². The monoisotopic (exact) mass is 305 g/mol. The van der Waals surface area contributed by atoms with Crippen LogP contribution in [0.25, 0.3) is 0 Å². The molecule has 0 saturated heterocycles. The Kier molecular flexibility index (Phi) is 3.64. The lowest BCUT2D eigenvalue weighted by Crippen LogP contribution is -2.12. The van der Waals surface area contributed by atoms with E-state index < -0.39 is 47.2 Å². The van der Waals surface area contributed by atoms with Gasteiger partial charge in [-0.1, -0.05) is 17.7 Å². The second kappa shape index (κ2) is 4.97. The Balaban J connectivity index is 2.36. The maximum absolute atomic E-state index is 13.2. The zero-order valence-corrected chi connectivity index (χ0v) is 10.8. The van der Waals surface area contributed by atoms with Gasteiger partial charge in [-0.2, -0.15) is 0 Å². The Morgan fingerprint density at radius 2 is 2.20 bits per heavy atom. The van der Waals surface area contributed by atoms with Gasteiger partial charge in [-0.3, -0.25) is 14.9 Å². The van der Waals surface area contributed by atoms with Crippen LogP contribution in [-0.4, -0.2) is 21.9 Å². The summed E-state index contributed by atoms with van der Waals surface area (Å²) in [6, 6.07) is 3.66. The topological polar surface area (TPSA) is 80.4 Å². The molecule has 0 aromatic heterocycles. The molecule has 0 spiro atoms. The number of benzene rings is 1. The fourth-order valence-corrected chi connectivity index (χ4v) is 2.44. The van der Waals surface area contributed by atoms with E-state index >= 15 is 0 Å². The summed E-state index contributed by atoms with van der Waals surface area (Å²) in [7, 11) is 0. The van der Waals surface area contributed by atoms with Crippen molar-refractivity contribution in [2.45, 2.75) is 24.7 Å². The van der Waals surface area contributed by atoms with E-state index in [0.717, 1.165) is 6.07 Å². The third-order valence-corrected chi connectivity index (χ3v) is 3.67. The second-order valence-corrected chi connectivity index (χ2v) is 5.15. The smallest absolute Gasteiger partial charge is 0.303 e. The van der Waals surface area contributed by atoms with E-state index in [-0.39, 0.29) is 10.6 Å². The lowest BCUT2D eigenvalue weighted by Gasteiger charge is -2.15. The van der Waals surface area contributed by atoms with Gasteiger partial charge in [0.2, 0.25) is 0 Å². The van der Waals surface area contributed by atoms with E-state index in [1.807, 2.05) is 0 Å². The van der Waals surface area contributed by atoms with Crippen molar-refractivity contribution in [2.24, 2.45) is 5.92 Å². The van der Waals surface area contributed by atoms with Gasteiger partial charge in [0.05, 0.1) is 11.3 Å². The number of halogens is 3. The van der Waals surface area contributed by atoms with Crippen molar-refractivity contribution >= 4 is 23.3 Å². The minimum absolute atomic E-state index is 0.115. The summed E-state index contributed by atoms with van der Waals surface area (Å²) in [6.07, 6.45) is -0.902. The average molecular weight is 306 g/mol. The number of aliphatic carboxylic acids is 1. The highest BCUT2D eigenvalue weighted by Crippen LogP contribution is 2.57. The minimum atomic E-state index is -2.91. The maximum atomic E-state index is 13.2. The summed E-state index contributed by atoms with van der Waals surface area (Å²) in [5, 5.41) is 19.5. The van der Waals surface area contributed by atoms with Crippen molar-refractivity contribution in [3.05, 3.63) is 38.9 Å². The number of nitro benzene ring substituents is 1. The number of carboxylic acid groups (broad SMARTS) is 1. The van der Waals surface area contributed by atoms with Gasteiger partial charge >= 0.3 is 5.97 Å². The lowest BCUT2D eigenvalue weighted by atomic mass is 9.90. The molecule has 20 heavy (non-hydrogen) atoms. The molecule has 2 atom stereocenters. The highest BCUT2D eigenvalue weighted by molar-refractivity contribution is 6.32. The van der Waals surface area contributed by atoms with Crippen molar-refractivity contribution in [2.75, 3.05) is 0 Å². The molecule has 1 N–H and O–H groups in total. The van der Waals surface area contributed by atoms with Gasteiger partial charge in [0.15, 0.2) is 0 Å². The molecular formula is C12H10ClF2NO4. The van der Waals surface area contributed by atoms with Crippen molar-refractivity contribution in [3.63, 3.8) is 0 Å². The molecular weight excluding hydrogens is 296 g/mol. The zero-order chi connectivity index (χ0) is 15.1. The number of rotatable bonds is 5. The molecule has 2 rings (SSSR count). The second-order valence-electron chi connectivity index (χ2n) is 4.74. The molecule has 0 aliphatic heterocycles. The summed E-state index contributed by atoms with van der Waals surface area (Å²) in [4.78, 5) is 20.9. The summed E-state index contributed by atoms with van der Waals surface area (Å²) >= 11 is 5.65. The van der Waals surface area contributed by atoms with Crippen LogP contribution < -0.4 is 0 Å². The predicted octanol–water partition coefficient (Wildman–Crippen LogP) is 3.46. The Hall–Kier alpha value is -1.76. The Bertz CT molecular complexity index is 579. The summed E-state index contributed by atoms with van der Waals surface area (Å²) in [5.41, 5.74) is -0.214. The van der Waals surface area contributed by atoms with Crippen LogP contribution in [0.3, 0.4) is 0 Å². The van der Waals surface area contributed by atoms with Gasteiger partial charge in [0, 0.05) is 24.3 Å². The van der Waals surface area contributed by atoms with Crippen LogP contribution in [0, 0.1) is 16.0 Å². The number of nitrogens with zero attached hydrogens (tertiary/aromatic N) is 1. The normalized spacial score (nSPS) is 21.2. The van der Waals surface area contributed by atoms with Crippen LogP contribution in [0.1, 0.15) is 24.3 Å². The molecule has 1 aliphatic carbocycles. The Labute approximate surface area is 117 Å². The van der Waals surface area contributed by atoms with E-state index in [0.29, 0.717) is 0 Å². The quantitative estimate of drug-likeness (QED) is 0.667. The fraction of sp³-hybridized carbons (Fsp3) is 0.417. The molecule has 1 aromatic carbocycles. The lowest BCUT2D eigenvalue weighted by molar-refractivity contribution is -0.384. The molecule has 0 bridgehead atoms. The molecule has 1 saturated carbocycles. The van der Waals surface area contributed by atoms with Crippen molar-refractivity contribution < 1.29 is 23.6 Å². The third kappa shape index (κ3) is 2.87. The number of carbonyl (C=O) groups is 1. The standard InChI is InChI=1S/C12H10ClF2NO4/c13-9-2-1-6(3-10(9)16(19)20)7(4-11(17)18)8-5-12(8,14)15/h1-3,7-8H,4-5H2,(H,17,18). The van der Waals surface area contributed by atoms with Crippen LogP contribution in [0.5, 0.6) is 0 Å². The van der Waals surface area contributed by atoms with Crippen LogP contribution in [-0.2, 0) is 4.79 Å². The number of nitro groups is 1. The number of alkyl halides is 2. The molecule has 0 heterocycles. The molecule has 0 amide bonds. The first kappa shape index (κ1) is 14.6. The van der Waals surface area contributed by atoms with E-state index in [2.05, 4.69) is 0 Å². The number of carboxylic acids is 1. The highest BCUT2D eigenvalue weighted by Gasteiger charge is 2.60. The van der Waals surface area contributed by atoms with Crippen LogP contribution in [0.15, 0.2) is 18.2 Å². The SMILES string of the molecule is O=C(O)CC(c1ccc(Cl)c([N+](=O)[O-])c1)C1CC1(F)F. The first-order chi connectivity index (χ1) is 9.22. The van der Waals surface area contributed by atoms with Gasteiger partial charge in [-0.05, 0) is 11.6 Å². The molecule has 1 aliphatic rings. The number of hydrogen-bond acceptors (Lipinski definition) is 3. The first-order valence-electron chi connectivity index (χ1n) is 5.76. The van der Waals surface area contributed by atoms with E-state index in [4.69, 9.17) is 16.7 Å². The molecule has 2 unspecified atom stereocenters. The average Bonchev–Trinajstić information content (AvgIpc) is 2.95. The van der Waals surface area contributed by atoms with Crippen molar-refractivity contribution in [1.82, 2.24) is 0 Å². The summed E-state index contributed by atoms with van der Waals surface area (Å²) in [5.74, 6) is -6.19. The van der Waals surface area contributed by atoms with E-state index in [1.165, 1.54) is 12.1 Å². The number of hydrogen-bond donors (Lipinski definition) is 1. The maximum Gasteiger partial charge on any atom is 0.303 e. The van der Waals surface area contributed by atoms with Crippen LogP contribution in [0.4, 0.5) is 14.5 Å². The predicted molar refractivity (Wildman–Crippen MR) is 66.2 cm³/mol. The highest BCUT2D eigenvalue weighted by atomic mass is 35.5. The molecule has 1 aromatic rings. The largest absolute Gasteiger partial charge is 0.481 e. The summed E-state index contributed by atoms with van der Waals surface area (Å²) in [6.45, 7) is 0. The van der Waals surface area contributed by atoms with Gasteiger partial charge < -0.3 is 5.11 Å².